The Bertz CT molecular complexity index is 602. The van der Waals surface area contributed by atoms with Crippen molar-refractivity contribution < 1.29 is 0 Å². The van der Waals surface area contributed by atoms with E-state index in [9.17, 15) is 0 Å². The Kier molecular flexibility index (Phi) is 4.06. The van der Waals surface area contributed by atoms with Gasteiger partial charge in [0.1, 0.15) is 0 Å². The maximum atomic E-state index is 6.14. The van der Waals surface area contributed by atoms with Crippen molar-refractivity contribution in [1.29, 1.82) is 0 Å². The van der Waals surface area contributed by atoms with Gasteiger partial charge in [-0.2, -0.15) is 0 Å². The number of nitrogens with one attached hydrogen (secondary N) is 1. The SMILES string of the molecule is Clc1cccc(NC2CCSc3ccccc32)c1Br. The molecule has 1 atom stereocenters. The summed E-state index contributed by atoms with van der Waals surface area (Å²) in [7, 11) is 0. The molecule has 3 rings (SSSR count). The molecule has 0 saturated carbocycles. The maximum absolute atomic E-state index is 6.14. The second kappa shape index (κ2) is 5.78. The lowest BCUT2D eigenvalue weighted by atomic mass is 10.0. The summed E-state index contributed by atoms with van der Waals surface area (Å²) in [6.07, 6.45) is 1.13. The Hall–Kier alpha value is -0.640. The number of anilines is 1. The first-order chi connectivity index (χ1) is 9.25. The first kappa shape index (κ1) is 13.3. The fourth-order valence-corrected chi connectivity index (χ4v) is 3.97. The molecule has 2 aromatic rings. The van der Waals surface area contributed by atoms with Gasteiger partial charge in [0, 0.05) is 10.6 Å². The molecule has 0 fully saturated rings. The van der Waals surface area contributed by atoms with Crippen molar-refractivity contribution in [3.8, 4) is 0 Å². The van der Waals surface area contributed by atoms with Gasteiger partial charge < -0.3 is 5.32 Å². The van der Waals surface area contributed by atoms with Crippen LogP contribution in [0.4, 0.5) is 5.69 Å². The van der Waals surface area contributed by atoms with Crippen LogP contribution in [-0.2, 0) is 0 Å². The predicted octanol–water partition coefficient (Wildman–Crippen LogP) is 5.75. The third kappa shape index (κ3) is 2.78. The minimum absolute atomic E-state index is 0.354. The van der Waals surface area contributed by atoms with Gasteiger partial charge in [0.05, 0.1) is 21.2 Å². The van der Waals surface area contributed by atoms with Crippen molar-refractivity contribution in [3.05, 3.63) is 57.5 Å². The number of fused-ring (bicyclic) bond motifs is 1. The predicted molar refractivity (Wildman–Crippen MR) is 87.3 cm³/mol. The maximum Gasteiger partial charge on any atom is 0.0593 e. The highest BCUT2D eigenvalue weighted by Crippen LogP contribution is 2.39. The molecule has 0 aromatic heterocycles. The minimum atomic E-state index is 0.354. The fraction of sp³-hybridized carbons (Fsp3) is 0.200. The Balaban J connectivity index is 1.91. The lowest BCUT2D eigenvalue weighted by Gasteiger charge is -2.27. The van der Waals surface area contributed by atoms with E-state index in [1.165, 1.54) is 10.5 Å². The topological polar surface area (TPSA) is 12.0 Å². The van der Waals surface area contributed by atoms with E-state index < -0.39 is 0 Å². The molecule has 0 aliphatic carbocycles. The van der Waals surface area contributed by atoms with Gasteiger partial charge in [-0.15, -0.1) is 11.8 Å². The number of benzene rings is 2. The number of thioether (sulfide) groups is 1. The molecule has 0 bridgehead atoms. The standard InChI is InChI=1S/C15H13BrClNS/c16-15-11(17)5-3-6-13(15)18-12-8-9-19-14-7-2-1-4-10(12)14/h1-7,12,18H,8-9H2. The van der Waals surface area contributed by atoms with Gasteiger partial charge in [0.2, 0.25) is 0 Å². The second-order valence-corrected chi connectivity index (χ2v) is 6.81. The molecular weight excluding hydrogens is 342 g/mol. The van der Waals surface area contributed by atoms with Crippen molar-refractivity contribution in [1.82, 2.24) is 0 Å². The quantitative estimate of drug-likeness (QED) is 0.736. The molecule has 4 heteroatoms. The Labute approximate surface area is 130 Å². The average Bonchev–Trinajstić information content (AvgIpc) is 2.44. The molecule has 1 N–H and O–H groups in total. The Morgan fingerprint density at radius 2 is 2.00 bits per heavy atom. The van der Waals surface area contributed by atoms with Crippen LogP contribution in [0, 0.1) is 0 Å². The number of hydrogen-bond donors (Lipinski definition) is 1. The smallest absolute Gasteiger partial charge is 0.0593 e. The zero-order valence-corrected chi connectivity index (χ0v) is 13.4. The van der Waals surface area contributed by atoms with Gasteiger partial charge >= 0.3 is 0 Å². The van der Waals surface area contributed by atoms with E-state index in [-0.39, 0.29) is 0 Å². The molecule has 2 aromatic carbocycles. The van der Waals surface area contributed by atoms with Crippen molar-refractivity contribution in [2.75, 3.05) is 11.1 Å². The molecule has 1 unspecified atom stereocenters. The van der Waals surface area contributed by atoms with Crippen LogP contribution in [0.3, 0.4) is 0 Å². The zero-order chi connectivity index (χ0) is 13.2. The third-order valence-corrected chi connectivity index (χ3v) is 5.76. The highest BCUT2D eigenvalue weighted by atomic mass is 79.9. The monoisotopic (exact) mass is 353 g/mol. The summed E-state index contributed by atoms with van der Waals surface area (Å²) in [5.41, 5.74) is 2.44. The largest absolute Gasteiger partial charge is 0.377 e. The Morgan fingerprint density at radius 3 is 2.89 bits per heavy atom. The molecule has 0 saturated heterocycles. The summed E-state index contributed by atoms with van der Waals surface area (Å²) in [6, 6.07) is 14.9. The molecule has 0 spiro atoms. The molecule has 1 aliphatic heterocycles. The van der Waals surface area contributed by atoms with Gasteiger partial charge in [-0.3, -0.25) is 0 Å². The third-order valence-electron chi connectivity index (χ3n) is 3.24. The molecular formula is C15H13BrClNS. The Morgan fingerprint density at radius 1 is 1.16 bits per heavy atom. The fourth-order valence-electron chi connectivity index (χ4n) is 2.29. The molecule has 1 aliphatic rings. The molecule has 0 radical (unpaired) electrons. The van der Waals surface area contributed by atoms with Crippen LogP contribution in [-0.4, -0.2) is 5.75 Å². The van der Waals surface area contributed by atoms with E-state index in [0.29, 0.717) is 6.04 Å². The van der Waals surface area contributed by atoms with Crippen LogP contribution in [0.25, 0.3) is 0 Å². The summed E-state index contributed by atoms with van der Waals surface area (Å²) in [6.45, 7) is 0. The van der Waals surface area contributed by atoms with Crippen LogP contribution >= 0.6 is 39.3 Å². The van der Waals surface area contributed by atoms with Crippen LogP contribution in [0.15, 0.2) is 51.8 Å². The zero-order valence-electron chi connectivity index (χ0n) is 10.2. The van der Waals surface area contributed by atoms with Gasteiger partial charge in [0.25, 0.3) is 0 Å². The van der Waals surface area contributed by atoms with Crippen LogP contribution in [0.1, 0.15) is 18.0 Å². The normalized spacial score (nSPS) is 17.9. The molecule has 1 heterocycles. The highest BCUT2D eigenvalue weighted by Gasteiger charge is 2.20. The summed E-state index contributed by atoms with van der Waals surface area (Å²) in [5.74, 6) is 1.15. The van der Waals surface area contributed by atoms with E-state index in [0.717, 1.165) is 27.4 Å². The minimum Gasteiger partial charge on any atom is -0.377 e. The van der Waals surface area contributed by atoms with Gasteiger partial charge in [-0.1, -0.05) is 35.9 Å². The average molecular weight is 355 g/mol. The van der Waals surface area contributed by atoms with Gasteiger partial charge in [-0.05, 0) is 46.1 Å². The summed E-state index contributed by atoms with van der Waals surface area (Å²) >= 11 is 11.6. The number of rotatable bonds is 2. The molecule has 1 nitrogen and oxygen atoms in total. The molecule has 19 heavy (non-hydrogen) atoms. The van der Waals surface area contributed by atoms with Crippen LogP contribution in [0.5, 0.6) is 0 Å². The van der Waals surface area contributed by atoms with Crippen LogP contribution in [0.2, 0.25) is 5.02 Å². The van der Waals surface area contributed by atoms with E-state index >= 15 is 0 Å². The number of hydrogen-bond acceptors (Lipinski definition) is 2. The summed E-state index contributed by atoms with van der Waals surface area (Å²) in [4.78, 5) is 1.38. The van der Waals surface area contributed by atoms with E-state index in [4.69, 9.17) is 11.6 Å². The lowest BCUT2D eigenvalue weighted by molar-refractivity contribution is 0.728. The van der Waals surface area contributed by atoms with Crippen molar-refractivity contribution >= 4 is 45.0 Å². The van der Waals surface area contributed by atoms with Crippen molar-refractivity contribution in [3.63, 3.8) is 0 Å². The van der Waals surface area contributed by atoms with Crippen molar-refractivity contribution in [2.45, 2.75) is 17.4 Å². The number of halogens is 2. The highest BCUT2D eigenvalue weighted by molar-refractivity contribution is 9.10. The van der Waals surface area contributed by atoms with Gasteiger partial charge in [0.15, 0.2) is 0 Å². The second-order valence-electron chi connectivity index (χ2n) is 4.47. The summed E-state index contributed by atoms with van der Waals surface area (Å²) < 4.78 is 0.937. The lowest BCUT2D eigenvalue weighted by Crippen LogP contribution is -2.16. The van der Waals surface area contributed by atoms with Crippen molar-refractivity contribution in [2.24, 2.45) is 0 Å². The van der Waals surface area contributed by atoms with Crippen LogP contribution < -0.4 is 5.32 Å². The van der Waals surface area contributed by atoms with E-state index in [1.807, 2.05) is 23.9 Å². The molecule has 0 amide bonds. The summed E-state index contributed by atoms with van der Waals surface area (Å²) in [5, 5.41) is 4.34. The van der Waals surface area contributed by atoms with Gasteiger partial charge in [-0.25, -0.2) is 0 Å². The first-order valence-electron chi connectivity index (χ1n) is 6.18. The van der Waals surface area contributed by atoms with E-state index in [1.54, 1.807) is 0 Å². The first-order valence-corrected chi connectivity index (χ1v) is 8.33. The molecule has 98 valence electrons. The van der Waals surface area contributed by atoms with E-state index in [2.05, 4.69) is 51.6 Å².